The maximum Gasteiger partial charge on any atom is 0.141 e. The van der Waals surface area contributed by atoms with Gasteiger partial charge >= 0.3 is 0 Å². The van der Waals surface area contributed by atoms with Crippen molar-refractivity contribution in [3.05, 3.63) is 58.6 Å². The van der Waals surface area contributed by atoms with Crippen molar-refractivity contribution < 1.29 is 5.11 Å². The lowest BCUT2D eigenvalue weighted by Gasteiger charge is -2.23. The molecule has 2 N–H and O–H groups in total. The Hall–Kier alpha value is -1.41. The zero-order valence-corrected chi connectivity index (χ0v) is 9.65. The van der Waals surface area contributed by atoms with Crippen molar-refractivity contribution in [1.29, 1.82) is 0 Å². The Morgan fingerprint density at radius 3 is 2.53 bits per heavy atom. The van der Waals surface area contributed by atoms with Gasteiger partial charge in [-0.25, -0.2) is 0 Å². The van der Waals surface area contributed by atoms with E-state index in [2.05, 4.69) is 18.5 Å². The van der Waals surface area contributed by atoms with Gasteiger partial charge in [0.2, 0.25) is 0 Å². The minimum absolute atomic E-state index is 0.133. The SMILES string of the molecule is C=C1C(=C)/C(=C(Cl)\C=C/C)NC(C)=C1O. The minimum Gasteiger partial charge on any atom is -0.506 e. The lowest BCUT2D eigenvalue weighted by Crippen LogP contribution is -2.22. The maximum absolute atomic E-state index is 9.62. The molecule has 2 nitrogen and oxygen atoms in total. The van der Waals surface area contributed by atoms with Gasteiger partial charge in [-0.1, -0.05) is 30.8 Å². The van der Waals surface area contributed by atoms with E-state index in [-0.39, 0.29) is 5.76 Å². The van der Waals surface area contributed by atoms with Crippen LogP contribution in [0.15, 0.2) is 58.6 Å². The molecule has 0 spiro atoms. The number of aliphatic hydroxyl groups is 1. The minimum atomic E-state index is 0.133. The second-order valence-corrected chi connectivity index (χ2v) is 3.69. The largest absolute Gasteiger partial charge is 0.506 e. The molecular weight excluding hydrogens is 210 g/mol. The molecule has 3 heteroatoms. The van der Waals surface area contributed by atoms with Crippen molar-refractivity contribution in [1.82, 2.24) is 5.32 Å². The van der Waals surface area contributed by atoms with E-state index in [4.69, 9.17) is 11.6 Å². The quantitative estimate of drug-likeness (QED) is 0.713. The van der Waals surface area contributed by atoms with Crippen LogP contribution in [0.4, 0.5) is 0 Å². The molecular formula is C12H14ClNO. The van der Waals surface area contributed by atoms with Crippen molar-refractivity contribution in [3.63, 3.8) is 0 Å². The van der Waals surface area contributed by atoms with Gasteiger partial charge < -0.3 is 10.4 Å². The monoisotopic (exact) mass is 223 g/mol. The molecule has 0 atom stereocenters. The Morgan fingerprint density at radius 2 is 2.00 bits per heavy atom. The Morgan fingerprint density at radius 1 is 1.40 bits per heavy atom. The summed E-state index contributed by atoms with van der Waals surface area (Å²) in [5, 5.41) is 13.2. The van der Waals surface area contributed by atoms with Crippen molar-refractivity contribution in [2.45, 2.75) is 13.8 Å². The van der Waals surface area contributed by atoms with Crippen LogP contribution in [-0.2, 0) is 0 Å². The molecule has 1 aliphatic heterocycles. The Kier molecular flexibility index (Phi) is 3.43. The molecule has 0 aromatic heterocycles. The van der Waals surface area contributed by atoms with Crippen LogP contribution < -0.4 is 5.32 Å². The number of hydrogen-bond acceptors (Lipinski definition) is 2. The van der Waals surface area contributed by atoms with Crippen LogP contribution in [0.5, 0.6) is 0 Å². The smallest absolute Gasteiger partial charge is 0.141 e. The van der Waals surface area contributed by atoms with Crippen LogP contribution in [-0.4, -0.2) is 5.11 Å². The highest BCUT2D eigenvalue weighted by Crippen LogP contribution is 2.30. The zero-order valence-electron chi connectivity index (χ0n) is 8.89. The van der Waals surface area contributed by atoms with E-state index in [9.17, 15) is 5.11 Å². The van der Waals surface area contributed by atoms with E-state index in [1.54, 1.807) is 13.0 Å². The number of allylic oxidation sites excluding steroid dienone is 6. The molecule has 0 fully saturated rings. The van der Waals surface area contributed by atoms with Crippen LogP contribution >= 0.6 is 11.6 Å². The van der Waals surface area contributed by atoms with Gasteiger partial charge in [0.1, 0.15) is 5.76 Å². The summed E-state index contributed by atoms with van der Waals surface area (Å²) in [7, 11) is 0. The first-order valence-electron chi connectivity index (χ1n) is 4.57. The Labute approximate surface area is 94.9 Å². The van der Waals surface area contributed by atoms with Crippen LogP contribution in [0.2, 0.25) is 0 Å². The van der Waals surface area contributed by atoms with Crippen molar-refractivity contribution in [3.8, 4) is 0 Å². The Bertz CT molecular complexity index is 413. The number of rotatable bonds is 1. The van der Waals surface area contributed by atoms with E-state index in [1.165, 1.54) is 0 Å². The molecule has 0 amide bonds. The molecule has 1 heterocycles. The summed E-state index contributed by atoms with van der Waals surface area (Å²) in [6.45, 7) is 11.2. The lowest BCUT2D eigenvalue weighted by molar-refractivity contribution is 0.410. The molecule has 0 saturated carbocycles. The summed E-state index contributed by atoms with van der Waals surface area (Å²) in [6, 6.07) is 0. The highest BCUT2D eigenvalue weighted by Gasteiger charge is 2.20. The topological polar surface area (TPSA) is 32.3 Å². The van der Waals surface area contributed by atoms with E-state index >= 15 is 0 Å². The maximum atomic E-state index is 9.62. The standard InChI is InChI=1S/C12H14ClNO/c1-5-6-10(13)11-7(2)8(3)12(15)9(4)14-11/h5-6,14-15H,2-3H2,1,4H3/b6-5-,11-10-. The van der Waals surface area contributed by atoms with Gasteiger partial charge in [-0.15, -0.1) is 0 Å². The van der Waals surface area contributed by atoms with Crippen LogP contribution in [0.25, 0.3) is 0 Å². The molecule has 0 radical (unpaired) electrons. The van der Waals surface area contributed by atoms with Crippen molar-refractivity contribution >= 4 is 11.6 Å². The third-order valence-electron chi connectivity index (χ3n) is 2.17. The molecule has 0 aromatic rings. The molecule has 1 aliphatic rings. The highest BCUT2D eigenvalue weighted by atomic mass is 35.5. The summed E-state index contributed by atoms with van der Waals surface area (Å²) in [5.41, 5.74) is 2.44. The summed E-state index contributed by atoms with van der Waals surface area (Å²) in [4.78, 5) is 0. The van der Waals surface area contributed by atoms with Crippen LogP contribution in [0.1, 0.15) is 13.8 Å². The summed E-state index contributed by atoms with van der Waals surface area (Å²) < 4.78 is 0. The fourth-order valence-electron chi connectivity index (χ4n) is 1.28. The van der Waals surface area contributed by atoms with E-state index in [1.807, 2.05) is 13.0 Å². The fraction of sp³-hybridized carbons (Fsp3) is 0.167. The first-order chi connectivity index (χ1) is 6.99. The van der Waals surface area contributed by atoms with Gasteiger partial charge in [0.05, 0.1) is 16.4 Å². The zero-order chi connectivity index (χ0) is 11.6. The van der Waals surface area contributed by atoms with Crippen molar-refractivity contribution in [2.24, 2.45) is 0 Å². The van der Waals surface area contributed by atoms with Gasteiger partial charge in [0, 0.05) is 11.1 Å². The predicted octanol–water partition coefficient (Wildman–Crippen LogP) is 3.52. The van der Waals surface area contributed by atoms with Gasteiger partial charge in [-0.3, -0.25) is 0 Å². The van der Waals surface area contributed by atoms with Gasteiger partial charge in [-0.05, 0) is 19.9 Å². The fourth-order valence-corrected chi connectivity index (χ4v) is 1.56. The van der Waals surface area contributed by atoms with Gasteiger partial charge in [-0.2, -0.15) is 0 Å². The van der Waals surface area contributed by atoms with E-state index in [0.29, 0.717) is 27.6 Å². The normalized spacial score (nSPS) is 21.0. The van der Waals surface area contributed by atoms with Crippen molar-refractivity contribution in [2.75, 3.05) is 0 Å². The second kappa shape index (κ2) is 4.41. The number of nitrogens with one attached hydrogen (secondary N) is 1. The predicted molar refractivity (Wildman–Crippen MR) is 64.4 cm³/mol. The average Bonchev–Trinajstić information content (AvgIpc) is 2.20. The first kappa shape index (κ1) is 11.7. The average molecular weight is 224 g/mol. The molecule has 0 unspecified atom stereocenters. The summed E-state index contributed by atoms with van der Waals surface area (Å²) >= 11 is 6.06. The first-order valence-corrected chi connectivity index (χ1v) is 4.95. The third-order valence-corrected chi connectivity index (χ3v) is 2.49. The molecule has 0 aliphatic carbocycles. The summed E-state index contributed by atoms with van der Waals surface area (Å²) in [5.74, 6) is 0.133. The molecule has 15 heavy (non-hydrogen) atoms. The number of aliphatic hydroxyl groups excluding tert-OH is 1. The lowest BCUT2D eigenvalue weighted by atomic mass is 9.99. The van der Waals surface area contributed by atoms with Crippen LogP contribution in [0.3, 0.4) is 0 Å². The molecule has 0 saturated heterocycles. The van der Waals surface area contributed by atoms with E-state index in [0.717, 1.165) is 0 Å². The Balaban J connectivity index is 3.24. The number of hydrogen-bond donors (Lipinski definition) is 2. The van der Waals surface area contributed by atoms with Gasteiger partial charge in [0.15, 0.2) is 0 Å². The molecule has 0 aromatic carbocycles. The third kappa shape index (κ3) is 2.16. The summed E-state index contributed by atoms with van der Waals surface area (Å²) in [6.07, 6.45) is 3.60. The molecule has 1 rings (SSSR count). The van der Waals surface area contributed by atoms with Gasteiger partial charge in [0.25, 0.3) is 0 Å². The number of halogens is 1. The van der Waals surface area contributed by atoms with Crippen LogP contribution in [0, 0.1) is 0 Å². The highest BCUT2D eigenvalue weighted by molar-refractivity contribution is 6.31. The molecule has 80 valence electrons. The van der Waals surface area contributed by atoms with E-state index < -0.39 is 0 Å². The second-order valence-electron chi connectivity index (χ2n) is 3.28. The molecule has 0 bridgehead atoms.